The Balaban J connectivity index is -0.000000480. The number of aliphatic hydroxyl groups excluding tert-OH is 10. The average molecular weight is 2960 g/mol. The zero-order valence-electron chi connectivity index (χ0n) is 30.2. The maximum absolute atomic E-state index is 11.4. The van der Waals surface area contributed by atoms with Gasteiger partial charge in [0.2, 0.25) is 5.91 Å². The average Bonchev–Trinajstić information content (AvgIpc) is 3.03. The molecule has 18 nitrogen and oxygen atoms in total. The van der Waals surface area contributed by atoms with Crippen molar-refractivity contribution >= 4 is 23.2 Å². The Morgan fingerprint density at radius 1 is 0.607 bits per heavy atom. The third-order valence-electron chi connectivity index (χ3n) is 7.83. The number of anilines is 1. The summed E-state index contributed by atoms with van der Waals surface area (Å²) in [5.41, 5.74) is 0.831. The van der Waals surface area contributed by atoms with Gasteiger partial charge in [-0.3, -0.25) is 4.79 Å². The van der Waals surface area contributed by atoms with Crippen LogP contribution in [0.25, 0.3) is 0 Å². The van der Waals surface area contributed by atoms with Crippen LogP contribution in [0.2, 0.25) is 5.02 Å². The van der Waals surface area contributed by atoms with Crippen molar-refractivity contribution in [3.63, 3.8) is 0 Å². The van der Waals surface area contributed by atoms with Crippen molar-refractivity contribution in [2.24, 2.45) is 0 Å². The van der Waals surface area contributed by atoms with E-state index in [0.29, 0.717) is 11.3 Å². The number of carbonyl (C=O) groups is 1. The third-order valence-corrected chi connectivity index (χ3v) is 8.16. The summed E-state index contributed by atoms with van der Waals surface area (Å²) < 4.78 is 33.2. The number of hydrogen-bond donors (Lipinski definition) is 11. The Morgan fingerprint density at radius 2 is 1.00 bits per heavy atom. The van der Waals surface area contributed by atoms with Crippen LogP contribution < -0.4 is 5.32 Å². The van der Waals surface area contributed by atoms with Crippen LogP contribution in [0.15, 0.2) is 18.2 Å². The van der Waals surface area contributed by atoms with E-state index in [0.717, 1.165) is 0 Å². The molecule has 0 saturated carbocycles. The molecular weight excluding hydrogens is 2920 g/mol. The van der Waals surface area contributed by atoms with E-state index >= 15 is 0 Å². The van der Waals surface area contributed by atoms with Gasteiger partial charge in [-0.05, 0) is 17.7 Å². The topological polar surface area (TPSA) is 287 Å². The van der Waals surface area contributed by atoms with Crippen molar-refractivity contribution in [2.75, 3.05) is 25.1 Å². The van der Waals surface area contributed by atoms with E-state index in [2.05, 4.69) is 5.32 Å². The van der Waals surface area contributed by atoms with Crippen molar-refractivity contribution in [1.29, 1.82) is 0 Å². The first-order chi connectivity index (χ1) is 21.8. The summed E-state index contributed by atoms with van der Waals surface area (Å²) in [4.78, 5) is 11.4. The molecule has 0 aliphatic carbocycles. The molecule has 15 unspecified atom stereocenters. The molecule has 3 aliphatic heterocycles. The van der Waals surface area contributed by atoms with Crippen molar-refractivity contribution < 1.29 is 525 Å². The first-order valence-electron chi connectivity index (χ1n) is 14.3. The third kappa shape index (κ3) is 24.4. The summed E-state index contributed by atoms with van der Waals surface area (Å²) in [7, 11) is 0. The van der Waals surface area contributed by atoms with Crippen LogP contribution in [0.1, 0.15) is 12.5 Å². The first-order valence-corrected chi connectivity index (χ1v) is 14.7. The second-order valence-corrected chi connectivity index (χ2v) is 11.5. The molecule has 1 aromatic carbocycles. The summed E-state index contributed by atoms with van der Waals surface area (Å²) in [5, 5.41) is 106. The number of rotatable bonds is 11. The number of amides is 1. The maximum atomic E-state index is 11.4. The number of aliphatic hydroxyl groups is 10. The number of ether oxygens (including phenoxy) is 6. The molecule has 0 spiro atoms. The van der Waals surface area contributed by atoms with Crippen molar-refractivity contribution in [3.8, 4) is 0 Å². The SMILES string of the molecule is CC(=O)Nc1cc(COC2OC(CO)C(OC3OC(CO)C(OC4OC(CO)C(O)C(O)C4O)C(O)C3O)C(O)C2O)ccc1Cl.[Ac].[Ac].[Ac].[Ac].[Ac].[Ac].[Ac].[Ac].[Ac].[Ac]. The number of halogens is 1. The second-order valence-electron chi connectivity index (χ2n) is 11.1. The number of benzene rings is 1. The van der Waals surface area contributed by atoms with Gasteiger partial charge in [-0.25, -0.2) is 0 Å². The van der Waals surface area contributed by atoms with Crippen LogP contribution in [0.5, 0.6) is 0 Å². The van der Waals surface area contributed by atoms with Gasteiger partial charge in [-0.2, -0.15) is 0 Å². The smallest absolute Gasteiger partial charge is 0.221 e. The van der Waals surface area contributed by atoms with Crippen molar-refractivity contribution in [3.05, 3.63) is 28.8 Å². The number of nitrogens with one attached hydrogen (secondary N) is 1. The summed E-state index contributed by atoms with van der Waals surface area (Å²) in [6, 6.07) is 4.64. The molecule has 0 bridgehead atoms. The Bertz CT molecular complexity index is 1180. The largest absolute Gasteiger partial charge is 0.394 e. The van der Waals surface area contributed by atoms with E-state index in [1.165, 1.54) is 19.1 Å². The molecule has 292 valence electrons. The van der Waals surface area contributed by atoms with Gasteiger partial charge in [0.25, 0.3) is 0 Å². The van der Waals surface area contributed by atoms with Crippen LogP contribution in [-0.2, 0) is 39.8 Å². The molecule has 3 saturated heterocycles. The molecule has 3 aliphatic rings. The van der Waals surface area contributed by atoms with Gasteiger partial charge in [0.05, 0.1) is 37.1 Å². The van der Waals surface area contributed by atoms with E-state index < -0.39 is 112 Å². The molecule has 3 fully saturated rings. The quantitative estimate of drug-likeness (QED) is 0.0993. The summed E-state index contributed by atoms with van der Waals surface area (Å²) in [6.45, 7) is -1.23. The Kier molecular flexibility index (Phi) is 63.6. The van der Waals surface area contributed by atoms with Crippen LogP contribution in [0, 0.1) is 441 Å². The van der Waals surface area contributed by atoms with Gasteiger partial charge in [0, 0.05) is 448 Å². The second kappa shape index (κ2) is 43.0. The van der Waals surface area contributed by atoms with Gasteiger partial charge in [0.15, 0.2) is 18.9 Å². The molecule has 29 heteroatoms. The van der Waals surface area contributed by atoms with Gasteiger partial charge >= 0.3 is 0 Å². The maximum Gasteiger partial charge on any atom is 0.221 e. The van der Waals surface area contributed by atoms with Crippen LogP contribution in [0.4, 0.5) is 5.69 Å². The molecule has 11 N–H and O–H groups in total. The Labute approximate surface area is 687 Å². The van der Waals surface area contributed by atoms with Crippen molar-refractivity contribution in [1.82, 2.24) is 0 Å². The van der Waals surface area contributed by atoms with E-state index in [-0.39, 0.29) is 458 Å². The fourth-order valence-electron chi connectivity index (χ4n) is 5.31. The van der Waals surface area contributed by atoms with Crippen molar-refractivity contribution in [2.45, 2.75) is 106 Å². The van der Waals surface area contributed by atoms with Gasteiger partial charge < -0.3 is 84.8 Å². The summed E-state index contributed by atoms with van der Waals surface area (Å²) in [5.74, 6) is -0.354. The summed E-state index contributed by atoms with van der Waals surface area (Å²) in [6.07, 6.45) is -25.1. The van der Waals surface area contributed by atoms with Gasteiger partial charge in [-0.15, -0.1) is 0 Å². The van der Waals surface area contributed by atoms with Gasteiger partial charge in [0.1, 0.15) is 73.2 Å². The van der Waals surface area contributed by atoms with E-state index in [4.69, 9.17) is 40.0 Å². The molecule has 0 aromatic heterocycles. The van der Waals surface area contributed by atoms with Crippen LogP contribution >= 0.6 is 11.6 Å². The Morgan fingerprint density at radius 3 is 1.43 bits per heavy atom. The molecule has 4 rings (SSSR count). The minimum Gasteiger partial charge on any atom is -0.394 e. The molecule has 56 heavy (non-hydrogen) atoms. The predicted molar refractivity (Wildman–Crippen MR) is 150 cm³/mol. The zero-order valence-corrected chi connectivity index (χ0v) is 78.4. The van der Waals surface area contributed by atoms with E-state index in [1.54, 1.807) is 6.07 Å². The predicted octanol–water partition coefficient (Wildman–Crippen LogP) is -4.74. The minimum absolute atomic E-state index is 0. The fourth-order valence-corrected chi connectivity index (χ4v) is 5.47. The first kappa shape index (κ1) is 82.8. The molecule has 15 atom stereocenters. The minimum atomic E-state index is -1.95. The van der Waals surface area contributed by atoms with E-state index in [9.17, 15) is 55.9 Å². The summed E-state index contributed by atoms with van der Waals surface area (Å²) >= 11 is 6.08. The molecule has 3 heterocycles. The molecule has 10 radical (unpaired) electrons. The van der Waals surface area contributed by atoms with Gasteiger partial charge in [-0.1, -0.05) is 17.7 Å². The molecule has 1 aromatic rings. The number of carbonyl (C=O) groups excluding carboxylic acids is 1. The fraction of sp³-hybridized carbons (Fsp3) is 0.741. The van der Waals surface area contributed by atoms with E-state index in [1.807, 2.05) is 0 Å². The normalized spacial score (nSPS) is 34.2. The molecular formula is C27H40Ac10ClNO17. The van der Waals surface area contributed by atoms with Crippen LogP contribution in [0.3, 0.4) is 0 Å². The van der Waals surface area contributed by atoms with Crippen LogP contribution in [-0.4, -0.2) is 169 Å². The standard InChI is InChI=1S/C27H40ClNO17.10Ac/c1-9(33)29-12-4-10(2-3-11(12)28)8-41-25-21(39)18(36)23(14(6-31)43-25)46-27-22(40)19(37)24(15(7-32)44-27)45-26-20(38)17(35)16(34)13(5-30)42-26;;;;;;;;;;/h2-4,13-27,30-32,34-40H,5-8H2,1H3,(H,29,33);;;;;;;;;;. The zero-order chi connectivity index (χ0) is 33.9. The monoisotopic (exact) mass is 2960 g/mol. The Hall–Kier alpha value is 12.8. The molecule has 1 amide bonds. The number of hydrogen-bond acceptors (Lipinski definition) is 17.